The van der Waals surface area contributed by atoms with Crippen LogP contribution >= 0.6 is 11.6 Å². The van der Waals surface area contributed by atoms with E-state index in [-0.39, 0.29) is 11.6 Å². The summed E-state index contributed by atoms with van der Waals surface area (Å²) < 4.78 is 5.53. The maximum atomic E-state index is 6.21. The van der Waals surface area contributed by atoms with Crippen molar-refractivity contribution in [1.82, 2.24) is 4.98 Å². The third-order valence-electron chi connectivity index (χ3n) is 3.42. The van der Waals surface area contributed by atoms with Gasteiger partial charge in [0.1, 0.15) is 5.82 Å². The number of hydrogen-bond acceptors (Lipinski definition) is 4. The zero-order valence-electron chi connectivity index (χ0n) is 9.24. The first-order valence-electron chi connectivity index (χ1n) is 5.31. The molecule has 5 heteroatoms. The zero-order valence-corrected chi connectivity index (χ0v) is 10.00. The summed E-state index contributed by atoms with van der Waals surface area (Å²) in [6, 6.07) is 1.51. The van der Waals surface area contributed by atoms with Crippen molar-refractivity contribution in [2.75, 3.05) is 12.8 Å². The lowest BCUT2D eigenvalue weighted by Crippen LogP contribution is -2.48. The number of nitrogens with two attached hydrogens (primary N) is 2. The predicted molar refractivity (Wildman–Crippen MR) is 64.2 cm³/mol. The number of methoxy groups -OCH3 is 1. The summed E-state index contributed by atoms with van der Waals surface area (Å²) in [6.07, 6.45) is 4.57. The molecule has 16 heavy (non-hydrogen) atoms. The molecule has 1 saturated carbocycles. The van der Waals surface area contributed by atoms with Gasteiger partial charge in [-0.3, -0.25) is 0 Å². The van der Waals surface area contributed by atoms with E-state index in [9.17, 15) is 0 Å². The topological polar surface area (TPSA) is 74.2 Å². The average molecular weight is 242 g/mol. The van der Waals surface area contributed by atoms with Crippen molar-refractivity contribution < 1.29 is 4.74 Å². The third kappa shape index (κ3) is 1.77. The average Bonchev–Trinajstić information content (AvgIpc) is 2.21. The maximum absolute atomic E-state index is 6.21. The lowest BCUT2D eigenvalue weighted by molar-refractivity contribution is -0.0910. The summed E-state index contributed by atoms with van der Waals surface area (Å²) >= 11 is 5.90. The van der Waals surface area contributed by atoms with Gasteiger partial charge in [0, 0.05) is 18.9 Å². The molecule has 1 aliphatic rings. The Morgan fingerprint density at radius 2 is 2.25 bits per heavy atom. The Kier molecular flexibility index (Phi) is 3.06. The molecule has 1 unspecified atom stereocenters. The summed E-state index contributed by atoms with van der Waals surface area (Å²) in [7, 11) is 1.69. The Morgan fingerprint density at radius 1 is 1.56 bits per heavy atom. The van der Waals surface area contributed by atoms with Crippen molar-refractivity contribution in [3.63, 3.8) is 0 Å². The van der Waals surface area contributed by atoms with E-state index in [1.807, 2.05) is 0 Å². The van der Waals surface area contributed by atoms with E-state index in [0.717, 1.165) is 24.8 Å². The van der Waals surface area contributed by atoms with E-state index < -0.39 is 0 Å². The summed E-state index contributed by atoms with van der Waals surface area (Å²) in [6.45, 7) is 0. The van der Waals surface area contributed by atoms with Crippen LogP contribution in [0.1, 0.15) is 30.9 Å². The molecule has 88 valence electrons. The fourth-order valence-electron chi connectivity index (χ4n) is 2.17. The molecule has 0 amide bonds. The van der Waals surface area contributed by atoms with Gasteiger partial charge >= 0.3 is 0 Å². The molecule has 4 nitrogen and oxygen atoms in total. The third-order valence-corrected chi connectivity index (χ3v) is 3.63. The number of ether oxygens (including phenoxy) is 1. The van der Waals surface area contributed by atoms with Crippen LogP contribution in [0.3, 0.4) is 0 Å². The molecule has 2 rings (SSSR count). The molecule has 0 aliphatic heterocycles. The van der Waals surface area contributed by atoms with Gasteiger partial charge in [-0.05, 0) is 25.3 Å². The number of pyridine rings is 1. The first kappa shape index (κ1) is 11.6. The number of hydrogen-bond donors (Lipinski definition) is 2. The second kappa shape index (κ2) is 4.20. The number of nitrogen functional groups attached to an aromatic ring is 1. The molecule has 0 radical (unpaired) electrons. The molecule has 0 saturated heterocycles. The highest BCUT2D eigenvalue weighted by atomic mass is 35.5. The van der Waals surface area contributed by atoms with Crippen LogP contribution in [0.15, 0.2) is 12.3 Å². The smallest absolute Gasteiger partial charge is 0.128 e. The van der Waals surface area contributed by atoms with Crippen LogP contribution in [0.4, 0.5) is 5.82 Å². The largest absolute Gasteiger partial charge is 0.383 e. The molecule has 1 fully saturated rings. The molecule has 1 heterocycles. The molecular weight excluding hydrogens is 226 g/mol. The summed E-state index contributed by atoms with van der Waals surface area (Å²) in [5, 5.41) is 0.547. The van der Waals surface area contributed by atoms with Crippen LogP contribution in [0, 0.1) is 0 Å². The second-order valence-electron chi connectivity index (χ2n) is 4.23. The van der Waals surface area contributed by atoms with Gasteiger partial charge in [0.25, 0.3) is 0 Å². The highest BCUT2D eigenvalue weighted by molar-refractivity contribution is 6.30. The predicted octanol–water partition coefficient (Wildman–Crippen LogP) is 1.89. The van der Waals surface area contributed by atoms with Crippen molar-refractivity contribution in [2.45, 2.75) is 30.9 Å². The Labute approximate surface area is 99.9 Å². The minimum Gasteiger partial charge on any atom is -0.383 e. The standard InChI is InChI=1S/C11H16ClN3O/c1-16-11(3-2-4-11)9(13)8-5-7(12)6-15-10(8)14/h5-6,9H,2-4,13H2,1H3,(H2,14,15). The minimum atomic E-state index is -0.291. The van der Waals surface area contributed by atoms with Crippen LogP contribution in [0.2, 0.25) is 5.02 Å². The van der Waals surface area contributed by atoms with Crippen LogP contribution in [0.25, 0.3) is 0 Å². The number of halogens is 1. The van der Waals surface area contributed by atoms with Gasteiger partial charge in [0.15, 0.2) is 0 Å². The molecule has 0 spiro atoms. The Hall–Kier alpha value is -0.840. The van der Waals surface area contributed by atoms with Crippen molar-refractivity contribution >= 4 is 17.4 Å². The van der Waals surface area contributed by atoms with Gasteiger partial charge in [0.2, 0.25) is 0 Å². The van der Waals surface area contributed by atoms with E-state index in [2.05, 4.69) is 4.98 Å². The number of anilines is 1. The normalized spacial score (nSPS) is 20.2. The highest BCUT2D eigenvalue weighted by Gasteiger charge is 2.44. The first-order chi connectivity index (χ1) is 7.59. The lowest BCUT2D eigenvalue weighted by Gasteiger charge is -2.45. The van der Waals surface area contributed by atoms with Gasteiger partial charge in [-0.2, -0.15) is 0 Å². The molecule has 1 aliphatic carbocycles. The van der Waals surface area contributed by atoms with Gasteiger partial charge in [-0.1, -0.05) is 11.6 Å². The second-order valence-corrected chi connectivity index (χ2v) is 4.66. The van der Waals surface area contributed by atoms with Crippen molar-refractivity contribution in [2.24, 2.45) is 5.73 Å². The number of aromatic nitrogens is 1. The highest BCUT2D eigenvalue weighted by Crippen LogP contribution is 2.44. The minimum absolute atomic E-state index is 0.266. The van der Waals surface area contributed by atoms with Crippen LogP contribution < -0.4 is 11.5 Å². The first-order valence-corrected chi connectivity index (χ1v) is 5.68. The van der Waals surface area contributed by atoms with E-state index in [1.54, 1.807) is 13.2 Å². The molecule has 0 bridgehead atoms. The van der Waals surface area contributed by atoms with Crippen LogP contribution in [0.5, 0.6) is 0 Å². The Bertz CT molecular complexity index is 387. The van der Waals surface area contributed by atoms with E-state index >= 15 is 0 Å². The molecule has 1 aromatic heterocycles. The molecule has 1 aromatic rings. The van der Waals surface area contributed by atoms with Gasteiger partial charge in [-0.15, -0.1) is 0 Å². The van der Waals surface area contributed by atoms with E-state index in [1.165, 1.54) is 6.20 Å². The monoisotopic (exact) mass is 241 g/mol. The SMILES string of the molecule is COC1(C(N)c2cc(Cl)cnc2N)CCC1. The van der Waals surface area contributed by atoms with Crippen molar-refractivity contribution in [3.8, 4) is 0 Å². The molecule has 4 N–H and O–H groups in total. The van der Waals surface area contributed by atoms with Crippen LogP contribution in [-0.2, 0) is 4.74 Å². The summed E-state index contributed by atoms with van der Waals surface area (Å²) in [5.74, 6) is 0.431. The fourth-order valence-corrected chi connectivity index (χ4v) is 2.33. The molecular formula is C11H16ClN3O. The van der Waals surface area contributed by atoms with Crippen LogP contribution in [-0.4, -0.2) is 17.7 Å². The maximum Gasteiger partial charge on any atom is 0.128 e. The molecule has 0 aromatic carbocycles. The van der Waals surface area contributed by atoms with Gasteiger partial charge in [-0.25, -0.2) is 4.98 Å². The number of rotatable bonds is 3. The quantitative estimate of drug-likeness (QED) is 0.848. The summed E-state index contributed by atoms with van der Waals surface area (Å²) in [4.78, 5) is 4.02. The van der Waals surface area contributed by atoms with Crippen molar-refractivity contribution in [3.05, 3.63) is 22.8 Å². The van der Waals surface area contributed by atoms with Crippen molar-refractivity contribution in [1.29, 1.82) is 0 Å². The van der Waals surface area contributed by atoms with E-state index in [0.29, 0.717) is 10.8 Å². The summed E-state index contributed by atoms with van der Waals surface area (Å²) in [5.41, 5.74) is 12.5. The molecule has 1 atom stereocenters. The fraction of sp³-hybridized carbons (Fsp3) is 0.545. The number of nitrogens with zero attached hydrogens (tertiary/aromatic N) is 1. The van der Waals surface area contributed by atoms with Gasteiger partial charge in [0.05, 0.1) is 16.7 Å². The lowest BCUT2D eigenvalue weighted by atomic mass is 9.72. The Balaban J connectivity index is 2.32. The van der Waals surface area contributed by atoms with E-state index in [4.69, 9.17) is 27.8 Å². The Morgan fingerprint density at radius 3 is 2.75 bits per heavy atom. The zero-order chi connectivity index (χ0) is 11.8. The van der Waals surface area contributed by atoms with Gasteiger partial charge < -0.3 is 16.2 Å².